The van der Waals surface area contributed by atoms with Gasteiger partial charge in [0, 0.05) is 5.69 Å². The maximum absolute atomic E-state index is 12.7. The molecular formula is C19H17N3O4S3. The van der Waals surface area contributed by atoms with Crippen molar-refractivity contribution in [3.05, 3.63) is 64.6 Å². The smallest absolute Gasteiger partial charge is 0.266 e. The first kappa shape index (κ1) is 21.2. The Morgan fingerprint density at radius 1 is 1.21 bits per heavy atom. The summed E-state index contributed by atoms with van der Waals surface area (Å²) in [5, 5.41) is 7.65. The molecule has 3 rings (SSSR count). The Kier molecular flexibility index (Phi) is 6.18. The van der Waals surface area contributed by atoms with Gasteiger partial charge in [-0.15, -0.1) is 0 Å². The van der Waals surface area contributed by atoms with Gasteiger partial charge in [0.25, 0.3) is 5.91 Å². The molecule has 150 valence electrons. The Hall–Kier alpha value is -2.53. The highest BCUT2D eigenvalue weighted by molar-refractivity contribution is 8.26. The van der Waals surface area contributed by atoms with Gasteiger partial charge in [0.2, 0.25) is 15.9 Å². The van der Waals surface area contributed by atoms with Gasteiger partial charge in [-0.25, -0.2) is 13.6 Å². The van der Waals surface area contributed by atoms with Crippen LogP contribution in [-0.2, 0) is 19.6 Å². The molecular weight excluding hydrogens is 430 g/mol. The van der Waals surface area contributed by atoms with Crippen LogP contribution in [0.25, 0.3) is 6.08 Å². The van der Waals surface area contributed by atoms with Crippen LogP contribution < -0.4 is 10.5 Å². The van der Waals surface area contributed by atoms with Gasteiger partial charge < -0.3 is 5.32 Å². The third-order valence-corrected chi connectivity index (χ3v) is 6.42. The molecule has 0 unspecified atom stereocenters. The Labute approximate surface area is 178 Å². The highest BCUT2D eigenvalue weighted by atomic mass is 32.2. The van der Waals surface area contributed by atoms with Crippen LogP contribution in [0.3, 0.4) is 0 Å². The van der Waals surface area contributed by atoms with Gasteiger partial charge in [-0.2, -0.15) is 0 Å². The number of nitrogens with zero attached hydrogens (tertiary/aromatic N) is 1. The van der Waals surface area contributed by atoms with Crippen molar-refractivity contribution < 1.29 is 18.0 Å². The van der Waals surface area contributed by atoms with E-state index in [0.717, 1.165) is 22.9 Å². The number of thiocarbonyl (C=S) groups is 1. The number of carbonyl (C=O) groups is 2. The van der Waals surface area contributed by atoms with Gasteiger partial charge in [0.15, 0.2) is 0 Å². The van der Waals surface area contributed by atoms with Gasteiger partial charge in [-0.1, -0.05) is 48.2 Å². The first-order valence-corrected chi connectivity index (χ1v) is 11.2. The van der Waals surface area contributed by atoms with Crippen LogP contribution >= 0.6 is 24.0 Å². The topological polar surface area (TPSA) is 110 Å². The Bertz CT molecular complexity index is 1130. The summed E-state index contributed by atoms with van der Waals surface area (Å²) >= 11 is 6.40. The largest absolute Gasteiger partial charge is 0.325 e. The Morgan fingerprint density at radius 3 is 2.48 bits per heavy atom. The quantitative estimate of drug-likeness (QED) is 0.538. The molecule has 10 heteroatoms. The zero-order valence-electron chi connectivity index (χ0n) is 15.3. The van der Waals surface area contributed by atoms with Gasteiger partial charge in [-0.3, -0.25) is 14.5 Å². The van der Waals surface area contributed by atoms with Crippen molar-refractivity contribution in [3.63, 3.8) is 0 Å². The number of hydrogen-bond donors (Lipinski definition) is 2. The van der Waals surface area contributed by atoms with Crippen LogP contribution in [0.5, 0.6) is 0 Å². The van der Waals surface area contributed by atoms with Crippen molar-refractivity contribution in [1.82, 2.24) is 4.90 Å². The van der Waals surface area contributed by atoms with Gasteiger partial charge >= 0.3 is 0 Å². The minimum Gasteiger partial charge on any atom is -0.325 e. The van der Waals surface area contributed by atoms with Gasteiger partial charge in [-0.05, 0) is 48.4 Å². The van der Waals surface area contributed by atoms with Crippen LogP contribution in [0.1, 0.15) is 11.1 Å². The van der Waals surface area contributed by atoms with E-state index in [-0.39, 0.29) is 17.3 Å². The Balaban J connectivity index is 1.68. The number of anilines is 1. The summed E-state index contributed by atoms with van der Waals surface area (Å²) in [5.41, 5.74) is 2.31. The SMILES string of the molecule is Cc1ccccc1/C=C1\SC(=S)N(CC(=O)Nc2ccc(S(N)(=O)=O)cc2)C1=O. The summed E-state index contributed by atoms with van der Waals surface area (Å²) in [5.74, 6) is -0.787. The molecule has 29 heavy (non-hydrogen) atoms. The molecule has 1 fully saturated rings. The molecule has 0 spiro atoms. The molecule has 1 saturated heterocycles. The average molecular weight is 448 g/mol. The first-order valence-electron chi connectivity index (χ1n) is 8.39. The standard InChI is InChI=1S/C19H17N3O4S3/c1-12-4-2-3-5-13(12)10-16-18(24)22(19(27)28-16)11-17(23)21-14-6-8-15(9-7-14)29(20,25)26/h2-10H,11H2,1H3,(H,21,23)(H2,20,25,26)/b16-10-. The molecule has 0 atom stereocenters. The molecule has 0 aliphatic carbocycles. The highest BCUT2D eigenvalue weighted by Gasteiger charge is 2.33. The molecule has 2 aromatic carbocycles. The number of primary sulfonamides is 1. The van der Waals surface area contributed by atoms with E-state index in [9.17, 15) is 18.0 Å². The monoisotopic (exact) mass is 447 g/mol. The summed E-state index contributed by atoms with van der Waals surface area (Å²) in [6.45, 7) is 1.70. The minimum absolute atomic E-state index is 0.0613. The van der Waals surface area contributed by atoms with E-state index in [4.69, 9.17) is 17.4 Å². The van der Waals surface area contributed by atoms with Crippen molar-refractivity contribution in [3.8, 4) is 0 Å². The van der Waals surface area contributed by atoms with Crippen LogP contribution in [0, 0.1) is 6.92 Å². The van der Waals surface area contributed by atoms with E-state index in [1.165, 1.54) is 29.2 Å². The lowest BCUT2D eigenvalue weighted by Crippen LogP contribution is -2.36. The van der Waals surface area contributed by atoms with Crippen LogP contribution in [0.4, 0.5) is 5.69 Å². The fourth-order valence-corrected chi connectivity index (χ4v) is 4.36. The summed E-state index contributed by atoms with van der Waals surface area (Å²) in [4.78, 5) is 26.6. The maximum atomic E-state index is 12.7. The number of aryl methyl sites for hydroxylation is 1. The summed E-state index contributed by atoms with van der Waals surface area (Å²) in [6.07, 6.45) is 1.76. The van der Waals surface area contributed by atoms with E-state index in [1.807, 2.05) is 31.2 Å². The predicted molar refractivity (Wildman–Crippen MR) is 118 cm³/mol. The fraction of sp³-hybridized carbons (Fsp3) is 0.105. The number of hydrogen-bond acceptors (Lipinski definition) is 6. The second-order valence-electron chi connectivity index (χ2n) is 6.24. The molecule has 2 amide bonds. The van der Waals surface area contributed by atoms with Crippen molar-refractivity contribution in [2.24, 2.45) is 5.14 Å². The normalized spacial score (nSPS) is 15.8. The zero-order valence-corrected chi connectivity index (χ0v) is 17.7. The molecule has 0 radical (unpaired) electrons. The summed E-state index contributed by atoms with van der Waals surface area (Å²) in [7, 11) is -3.81. The predicted octanol–water partition coefficient (Wildman–Crippen LogP) is 2.48. The molecule has 0 saturated carbocycles. The second-order valence-corrected chi connectivity index (χ2v) is 9.48. The Morgan fingerprint density at radius 2 is 1.86 bits per heavy atom. The fourth-order valence-electron chi connectivity index (χ4n) is 2.60. The number of thioether (sulfide) groups is 1. The molecule has 0 bridgehead atoms. The van der Waals surface area contributed by atoms with Crippen LogP contribution in [0.15, 0.2) is 58.3 Å². The molecule has 0 aromatic heterocycles. The lowest BCUT2D eigenvalue weighted by molar-refractivity contribution is -0.126. The van der Waals surface area contributed by atoms with Crippen molar-refractivity contribution in [2.45, 2.75) is 11.8 Å². The summed E-state index contributed by atoms with van der Waals surface area (Å²) in [6, 6.07) is 13.1. The lowest BCUT2D eigenvalue weighted by atomic mass is 10.1. The molecule has 3 N–H and O–H groups in total. The van der Waals surface area contributed by atoms with E-state index >= 15 is 0 Å². The third-order valence-electron chi connectivity index (χ3n) is 4.12. The number of sulfonamides is 1. The van der Waals surface area contributed by atoms with Crippen molar-refractivity contribution >= 4 is 61.9 Å². The first-order chi connectivity index (χ1) is 13.6. The number of carbonyl (C=O) groups excluding carboxylic acids is 2. The van der Waals surface area contributed by atoms with Gasteiger partial charge in [0.1, 0.15) is 10.9 Å². The molecule has 1 aliphatic rings. The van der Waals surface area contributed by atoms with E-state index < -0.39 is 15.9 Å². The van der Waals surface area contributed by atoms with E-state index in [1.54, 1.807) is 6.08 Å². The maximum Gasteiger partial charge on any atom is 0.266 e. The van der Waals surface area contributed by atoms with Gasteiger partial charge in [0.05, 0.1) is 9.80 Å². The third kappa shape index (κ3) is 5.10. The van der Waals surface area contributed by atoms with Crippen molar-refractivity contribution in [1.29, 1.82) is 0 Å². The molecule has 2 aromatic rings. The van der Waals surface area contributed by atoms with Crippen LogP contribution in [-0.4, -0.2) is 36.0 Å². The van der Waals surface area contributed by atoms with Crippen molar-refractivity contribution in [2.75, 3.05) is 11.9 Å². The van der Waals surface area contributed by atoms with E-state index in [0.29, 0.717) is 14.9 Å². The van der Waals surface area contributed by atoms with Crippen LogP contribution in [0.2, 0.25) is 0 Å². The number of amides is 2. The average Bonchev–Trinajstić information content (AvgIpc) is 2.91. The summed E-state index contributed by atoms with van der Waals surface area (Å²) < 4.78 is 22.9. The number of rotatable bonds is 5. The molecule has 1 aliphatic heterocycles. The number of nitrogens with one attached hydrogen (secondary N) is 1. The van der Waals surface area contributed by atoms with E-state index in [2.05, 4.69) is 5.32 Å². The lowest BCUT2D eigenvalue weighted by Gasteiger charge is -2.14. The molecule has 1 heterocycles. The highest BCUT2D eigenvalue weighted by Crippen LogP contribution is 2.32. The zero-order chi connectivity index (χ0) is 21.2. The number of nitrogens with two attached hydrogens (primary N) is 1. The minimum atomic E-state index is -3.81. The molecule has 7 nitrogen and oxygen atoms in total. The number of benzene rings is 2. The second kappa shape index (κ2) is 8.46.